The van der Waals surface area contributed by atoms with E-state index >= 15 is 0 Å². The second-order valence-corrected chi connectivity index (χ2v) is 8.04. The zero-order valence-electron chi connectivity index (χ0n) is 9.53. The van der Waals surface area contributed by atoms with Gasteiger partial charge in [0.1, 0.15) is 0 Å². The fourth-order valence-corrected chi connectivity index (χ4v) is 2.99. The second kappa shape index (κ2) is 5.60. The lowest BCUT2D eigenvalue weighted by Crippen LogP contribution is -2.09. The van der Waals surface area contributed by atoms with E-state index in [0.29, 0.717) is 12.5 Å². The molecule has 1 fully saturated rings. The Hall–Kier alpha value is -0.300. The number of halogens is 3. The van der Waals surface area contributed by atoms with Gasteiger partial charge in [0.25, 0.3) is 9.05 Å². The summed E-state index contributed by atoms with van der Waals surface area (Å²) in [7, 11) is 1.31. The predicted molar refractivity (Wildman–Crippen MR) is 75.2 cm³/mol. The first-order valence-electron chi connectivity index (χ1n) is 5.40. The lowest BCUT2D eigenvalue weighted by molar-refractivity contribution is 0.0486. The number of ether oxygens (including phenoxy) is 1. The molecule has 1 aromatic carbocycles. The summed E-state index contributed by atoms with van der Waals surface area (Å²) in [5, 5.41) is 0.102. The SMILES string of the molecule is O=C(OCC1CC1)c1cc(S(=O)(=O)Cl)cc(Br)c1Cl. The van der Waals surface area contributed by atoms with Gasteiger partial charge >= 0.3 is 5.97 Å². The van der Waals surface area contributed by atoms with E-state index in [1.54, 1.807) is 0 Å². The molecule has 0 N–H and O–H groups in total. The Morgan fingerprint density at radius 2 is 2.05 bits per heavy atom. The highest BCUT2D eigenvalue weighted by molar-refractivity contribution is 9.10. The van der Waals surface area contributed by atoms with Gasteiger partial charge in [0.2, 0.25) is 0 Å². The van der Waals surface area contributed by atoms with E-state index in [-0.39, 0.29) is 20.0 Å². The number of carbonyl (C=O) groups is 1. The van der Waals surface area contributed by atoms with Gasteiger partial charge in [-0.05, 0) is 46.8 Å². The van der Waals surface area contributed by atoms with Crippen molar-refractivity contribution in [2.24, 2.45) is 5.92 Å². The van der Waals surface area contributed by atoms with Crippen molar-refractivity contribution >= 4 is 53.2 Å². The number of hydrogen-bond acceptors (Lipinski definition) is 4. The van der Waals surface area contributed by atoms with Crippen molar-refractivity contribution in [3.05, 3.63) is 27.2 Å². The van der Waals surface area contributed by atoms with Gasteiger partial charge in [-0.1, -0.05) is 11.6 Å². The van der Waals surface area contributed by atoms with Crippen molar-refractivity contribution in [2.45, 2.75) is 17.7 Å². The first kappa shape index (κ1) is 15.1. The van der Waals surface area contributed by atoms with E-state index in [0.717, 1.165) is 18.9 Å². The monoisotopic (exact) mass is 386 g/mol. The summed E-state index contributed by atoms with van der Waals surface area (Å²) < 4.78 is 27.9. The Morgan fingerprint density at radius 3 is 2.58 bits per heavy atom. The molecule has 0 bridgehead atoms. The Morgan fingerprint density at radius 1 is 1.42 bits per heavy atom. The minimum atomic E-state index is -3.94. The lowest BCUT2D eigenvalue weighted by Gasteiger charge is -2.08. The molecule has 1 saturated carbocycles. The van der Waals surface area contributed by atoms with Gasteiger partial charge in [0.15, 0.2) is 0 Å². The summed E-state index contributed by atoms with van der Waals surface area (Å²) in [4.78, 5) is 11.7. The van der Waals surface area contributed by atoms with Crippen molar-refractivity contribution in [1.82, 2.24) is 0 Å². The molecule has 0 saturated heterocycles. The number of hydrogen-bond donors (Lipinski definition) is 0. The van der Waals surface area contributed by atoms with E-state index in [2.05, 4.69) is 15.9 Å². The topological polar surface area (TPSA) is 60.4 Å². The highest BCUT2D eigenvalue weighted by Gasteiger charge is 2.25. The predicted octanol–water partition coefficient (Wildman–Crippen LogP) is 3.60. The number of benzene rings is 1. The van der Waals surface area contributed by atoms with E-state index in [1.807, 2.05) is 0 Å². The average Bonchev–Trinajstić information content (AvgIpc) is 3.11. The largest absolute Gasteiger partial charge is 0.462 e. The minimum Gasteiger partial charge on any atom is -0.462 e. The molecule has 0 radical (unpaired) electrons. The molecule has 2 rings (SSSR count). The molecule has 1 aliphatic rings. The number of carbonyl (C=O) groups excluding carboxylic acids is 1. The zero-order chi connectivity index (χ0) is 14.2. The molecule has 19 heavy (non-hydrogen) atoms. The average molecular weight is 388 g/mol. The molecule has 104 valence electrons. The van der Waals surface area contributed by atoms with Crippen molar-refractivity contribution < 1.29 is 17.9 Å². The molecular formula is C11H9BrCl2O4S. The molecule has 0 amide bonds. The van der Waals surface area contributed by atoms with E-state index in [1.165, 1.54) is 6.07 Å². The summed E-state index contributed by atoms with van der Waals surface area (Å²) in [6.07, 6.45) is 2.08. The van der Waals surface area contributed by atoms with Crippen LogP contribution in [-0.4, -0.2) is 21.0 Å². The first-order chi connectivity index (χ1) is 8.79. The number of rotatable bonds is 4. The van der Waals surface area contributed by atoms with Crippen LogP contribution in [0.15, 0.2) is 21.5 Å². The maximum Gasteiger partial charge on any atom is 0.339 e. The van der Waals surface area contributed by atoms with Crippen molar-refractivity contribution in [3.63, 3.8) is 0 Å². The third-order valence-corrected chi connectivity index (χ3v) is 5.24. The van der Waals surface area contributed by atoms with Crippen LogP contribution >= 0.6 is 38.2 Å². The Kier molecular flexibility index (Phi) is 4.45. The van der Waals surface area contributed by atoms with E-state index < -0.39 is 15.0 Å². The van der Waals surface area contributed by atoms with Crippen molar-refractivity contribution in [2.75, 3.05) is 6.61 Å². The zero-order valence-corrected chi connectivity index (χ0v) is 13.4. The van der Waals surface area contributed by atoms with Gasteiger partial charge in [-0.15, -0.1) is 0 Å². The molecule has 1 aromatic rings. The first-order valence-corrected chi connectivity index (χ1v) is 8.88. The van der Waals surface area contributed by atoms with Gasteiger partial charge in [0.05, 0.1) is 22.1 Å². The summed E-state index contributed by atoms with van der Waals surface area (Å²) in [6, 6.07) is 2.35. The molecule has 0 atom stereocenters. The highest BCUT2D eigenvalue weighted by Crippen LogP contribution is 2.33. The fourth-order valence-electron chi connectivity index (χ4n) is 1.41. The molecule has 0 heterocycles. The smallest absolute Gasteiger partial charge is 0.339 e. The minimum absolute atomic E-state index is 0.0177. The van der Waals surface area contributed by atoms with Crippen LogP contribution in [-0.2, 0) is 13.8 Å². The van der Waals surface area contributed by atoms with Crippen LogP contribution in [0.4, 0.5) is 0 Å². The van der Waals surface area contributed by atoms with Gasteiger partial charge in [-0.25, -0.2) is 13.2 Å². The Bertz CT molecular complexity index is 626. The summed E-state index contributed by atoms with van der Waals surface area (Å²) >= 11 is 9.04. The molecular weight excluding hydrogens is 379 g/mol. The van der Waals surface area contributed by atoms with Crippen LogP contribution < -0.4 is 0 Å². The van der Waals surface area contributed by atoms with Crippen LogP contribution in [0.3, 0.4) is 0 Å². The number of esters is 1. The van der Waals surface area contributed by atoms with Gasteiger partial charge in [0, 0.05) is 15.2 Å². The Labute approximate surface area is 128 Å². The Balaban J connectivity index is 2.31. The third-order valence-electron chi connectivity index (χ3n) is 2.65. The third kappa shape index (κ3) is 3.84. The highest BCUT2D eigenvalue weighted by atomic mass is 79.9. The quantitative estimate of drug-likeness (QED) is 0.585. The molecule has 1 aliphatic carbocycles. The standard InChI is InChI=1S/C11H9BrCl2O4S/c12-9-4-7(19(14,16)17)3-8(10(9)13)11(15)18-5-6-1-2-6/h3-4,6H,1-2,5H2. The van der Waals surface area contributed by atoms with E-state index in [9.17, 15) is 13.2 Å². The molecule has 4 nitrogen and oxygen atoms in total. The normalized spacial score (nSPS) is 15.3. The molecule has 0 spiro atoms. The molecule has 8 heteroatoms. The van der Waals surface area contributed by atoms with Crippen molar-refractivity contribution in [1.29, 1.82) is 0 Å². The van der Waals surface area contributed by atoms with Crippen LogP contribution in [0.25, 0.3) is 0 Å². The summed E-state index contributed by atoms with van der Waals surface area (Å²) in [5.74, 6) is -0.245. The molecule has 0 unspecified atom stereocenters. The maximum absolute atomic E-state index is 11.9. The second-order valence-electron chi connectivity index (χ2n) is 4.25. The summed E-state index contributed by atoms with van der Waals surface area (Å²) in [5.41, 5.74) is -0.0177. The van der Waals surface area contributed by atoms with Crippen LogP contribution in [0.5, 0.6) is 0 Å². The molecule has 0 aromatic heterocycles. The van der Waals surface area contributed by atoms with Crippen LogP contribution in [0, 0.1) is 5.92 Å². The van der Waals surface area contributed by atoms with E-state index in [4.69, 9.17) is 27.0 Å². The fraction of sp³-hybridized carbons (Fsp3) is 0.364. The van der Waals surface area contributed by atoms with Crippen LogP contribution in [0.2, 0.25) is 5.02 Å². The molecule has 0 aliphatic heterocycles. The summed E-state index contributed by atoms with van der Waals surface area (Å²) in [6.45, 7) is 0.324. The van der Waals surface area contributed by atoms with Gasteiger partial charge < -0.3 is 4.74 Å². The van der Waals surface area contributed by atoms with Gasteiger partial charge in [-0.3, -0.25) is 0 Å². The maximum atomic E-state index is 11.9. The van der Waals surface area contributed by atoms with Gasteiger partial charge in [-0.2, -0.15) is 0 Å². The van der Waals surface area contributed by atoms with Crippen LogP contribution in [0.1, 0.15) is 23.2 Å². The van der Waals surface area contributed by atoms with Crippen molar-refractivity contribution in [3.8, 4) is 0 Å². The lowest BCUT2D eigenvalue weighted by atomic mass is 10.2.